The number of carbonyl (C=O) groups excluding carboxylic acids is 1. The molecule has 2 aromatic rings. The molecule has 0 saturated carbocycles. The van der Waals surface area contributed by atoms with Gasteiger partial charge >= 0.3 is 0 Å². The molecule has 0 spiro atoms. The predicted octanol–water partition coefficient (Wildman–Crippen LogP) is 2.65. The van der Waals surface area contributed by atoms with Crippen LogP contribution in [-0.2, 0) is 4.74 Å². The fourth-order valence-corrected chi connectivity index (χ4v) is 3.60. The molecular weight excluding hydrogens is 284 g/mol. The Kier molecular flexibility index (Phi) is 4.31. The number of aromatic nitrogens is 1. The van der Waals surface area contributed by atoms with Gasteiger partial charge in [-0.15, -0.1) is 11.3 Å². The van der Waals surface area contributed by atoms with Crippen LogP contribution in [0.3, 0.4) is 0 Å². The molecule has 0 aromatic carbocycles. The minimum absolute atomic E-state index is 0.115. The SMILES string of the molecule is COC[C@@H]1CN(C(=O)c2cccs2)C[C@H]1c1ccccn1. The molecule has 0 radical (unpaired) electrons. The van der Waals surface area contributed by atoms with E-state index in [1.165, 1.54) is 11.3 Å². The first-order chi connectivity index (χ1) is 10.3. The minimum Gasteiger partial charge on any atom is -0.384 e. The van der Waals surface area contributed by atoms with Gasteiger partial charge in [-0.2, -0.15) is 0 Å². The van der Waals surface area contributed by atoms with Crippen molar-refractivity contribution in [2.45, 2.75) is 5.92 Å². The lowest BCUT2D eigenvalue weighted by molar-refractivity contribution is 0.0780. The molecule has 5 heteroatoms. The lowest BCUT2D eigenvalue weighted by Crippen LogP contribution is -2.28. The summed E-state index contributed by atoms with van der Waals surface area (Å²) in [7, 11) is 1.71. The number of likely N-dealkylation sites (tertiary alicyclic amines) is 1. The largest absolute Gasteiger partial charge is 0.384 e. The summed E-state index contributed by atoms with van der Waals surface area (Å²) in [5.74, 6) is 0.661. The standard InChI is InChI=1S/C16H18N2O2S/c1-20-11-12-9-18(16(19)15-6-4-8-21-15)10-13(12)14-5-2-3-7-17-14/h2-8,12-13H,9-11H2,1H3/t12-,13+/m0/s1. The maximum atomic E-state index is 12.5. The Morgan fingerprint density at radius 2 is 2.29 bits per heavy atom. The average Bonchev–Trinajstić information content (AvgIpc) is 3.18. The van der Waals surface area contributed by atoms with E-state index in [0.29, 0.717) is 19.1 Å². The Labute approximate surface area is 128 Å². The van der Waals surface area contributed by atoms with Crippen molar-refractivity contribution in [2.24, 2.45) is 5.92 Å². The normalized spacial score (nSPS) is 21.7. The summed E-state index contributed by atoms with van der Waals surface area (Å²) < 4.78 is 5.33. The van der Waals surface area contributed by atoms with Crippen molar-refractivity contribution in [1.29, 1.82) is 0 Å². The van der Waals surface area contributed by atoms with E-state index in [4.69, 9.17) is 4.74 Å². The Balaban J connectivity index is 1.79. The molecule has 0 bridgehead atoms. The summed E-state index contributed by atoms with van der Waals surface area (Å²) in [4.78, 5) is 19.7. The number of ether oxygens (including phenoxy) is 1. The second-order valence-corrected chi connectivity index (χ2v) is 6.21. The third-order valence-electron chi connectivity index (χ3n) is 3.91. The van der Waals surface area contributed by atoms with Gasteiger partial charge < -0.3 is 9.64 Å². The van der Waals surface area contributed by atoms with Crippen LogP contribution in [0.1, 0.15) is 21.3 Å². The number of carbonyl (C=O) groups is 1. The van der Waals surface area contributed by atoms with Crippen molar-refractivity contribution in [3.05, 3.63) is 52.5 Å². The lowest BCUT2D eigenvalue weighted by atomic mass is 9.93. The monoisotopic (exact) mass is 302 g/mol. The second kappa shape index (κ2) is 6.37. The van der Waals surface area contributed by atoms with Crippen molar-refractivity contribution in [3.63, 3.8) is 0 Å². The highest BCUT2D eigenvalue weighted by Gasteiger charge is 2.37. The molecule has 4 nitrogen and oxygen atoms in total. The Morgan fingerprint density at radius 3 is 2.95 bits per heavy atom. The van der Waals surface area contributed by atoms with Crippen molar-refractivity contribution in [3.8, 4) is 0 Å². The molecule has 1 fully saturated rings. The molecule has 0 N–H and O–H groups in total. The van der Waals surface area contributed by atoms with Crippen molar-refractivity contribution in [2.75, 3.05) is 26.8 Å². The van der Waals surface area contributed by atoms with Crippen LogP contribution < -0.4 is 0 Å². The van der Waals surface area contributed by atoms with Gasteiger partial charge in [0.2, 0.25) is 0 Å². The zero-order valence-corrected chi connectivity index (χ0v) is 12.8. The Hall–Kier alpha value is -1.72. The number of methoxy groups -OCH3 is 1. The molecule has 2 aromatic heterocycles. The molecule has 110 valence electrons. The van der Waals surface area contributed by atoms with Crippen LogP contribution >= 0.6 is 11.3 Å². The van der Waals surface area contributed by atoms with Gasteiger partial charge in [0.15, 0.2) is 0 Å². The summed E-state index contributed by atoms with van der Waals surface area (Å²) in [6.07, 6.45) is 1.81. The Morgan fingerprint density at radius 1 is 1.38 bits per heavy atom. The first kappa shape index (κ1) is 14.2. The van der Waals surface area contributed by atoms with Gasteiger partial charge in [-0.05, 0) is 23.6 Å². The van der Waals surface area contributed by atoms with Gasteiger partial charge in [0.25, 0.3) is 5.91 Å². The van der Waals surface area contributed by atoms with Crippen molar-refractivity contribution >= 4 is 17.2 Å². The van der Waals surface area contributed by atoms with Crippen LogP contribution in [-0.4, -0.2) is 42.6 Å². The fraction of sp³-hybridized carbons (Fsp3) is 0.375. The van der Waals surface area contributed by atoms with Crippen LogP contribution in [0.25, 0.3) is 0 Å². The molecule has 1 saturated heterocycles. The molecule has 2 atom stereocenters. The minimum atomic E-state index is 0.115. The molecule has 1 amide bonds. The summed E-state index contributed by atoms with van der Waals surface area (Å²) in [6, 6.07) is 9.74. The van der Waals surface area contributed by atoms with E-state index in [1.54, 1.807) is 7.11 Å². The summed E-state index contributed by atoms with van der Waals surface area (Å²) in [5.41, 5.74) is 1.04. The molecule has 1 aliphatic rings. The Bertz CT molecular complexity index is 586. The first-order valence-corrected chi connectivity index (χ1v) is 7.90. The smallest absolute Gasteiger partial charge is 0.263 e. The molecule has 3 rings (SSSR count). The zero-order valence-electron chi connectivity index (χ0n) is 11.9. The van der Waals surface area contributed by atoms with Gasteiger partial charge in [-0.25, -0.2) is 0 Å². The highest BCUT2D eigenvalue weighted by molar-refractivity contribution is 7.12. The van der Waals surface area contributed by atoms with E-state index < -0.39 is 0 Å². The van der Waals surface area contributed by atoms with Crippen LogP contribution in [0.5, 0.6) is 0 Å². The van der Waals surface area contributed by atoms with E-state index in [0.717, 1.165) is 17.1 Å². The number of nitrogens with zero attached hydrogens (tertiary/aromatic N) is 2. The zero-order chi connectivity index (χ0) is 14.7. The number of amides is 1. The molecule has 21 heavy (non-hydrogen) atoms. The van der Waals surface area contributed by atoms with Crippen LogP contribution in [0, 0.1) is 5.92 Å². The molecule has 0 aliphatic carbocycles. The highest BCUT2D eigenvalue weighted by atomic mass is 32.1. The van der Waals surface area contributed by atoms with Gasteiger partial charge in [0.1, 0.15) is 0 Å². The molecule has 1 aliphatic heterocycles. The number of pyridine rings is 1. The summed E-state index contributed by atoms with van der Waals surface area (Å²) >= 11 is 1.49. The summed E-state index contributed by atoms with van der Waals surface area (Å²) in [6.45, 7) is 2.09. The van der Waals surface area contributed by atoms with E-state index in [1.807, 2.05) is 46.8 Å². The molecule has 3 heterocycles. The number of thiophene rings is 1. The lowest BCUT2D eigenvalue weighted by Gasteiger charge is -2.16. The quantitative estimate of drug-likeness (QED) is 0.872. The first-order valence-electron chi connectivity index (χ1n) is 7.02. The van der Waals surface area contributed by atoms with Gasteiger partial charge in [0, 0.05) is 43.9 Å². The van der Waals surface area contributed by atoms with Gasteiger partial charge in [-0.3, -0.25) is 9.78 Å². The topological polar surface area (TPSA) is 42.4 Å². The van der Waals surface area contributed by atoms with E-state index in [9.17, 15) is 4.79 Å². The molecular formula is C16H18N2O2S. The fourth-order valence-electron chi connectivity index (χ4n) is 2.91. The second-order valence-electron chi connectivity index (χ2n) is 5.26. The van der Waals surface area contributed by atoms with Crippen LogP contribution in [0.4, 0.5) is 0 Å². The maximum absolute atomic E-state index is 12.5. The van der Waals surface area contributed by atoms with Crippen LogP contribution in [0.15, 0.2) is 41.9 Å². The number of hydrogen-bond donors (Lipinski definition) is 0. The predicted molar refractivity (Wildman–Crippen MR) is 82.6 cm³/mol. The number of hydrogen-bond acceptors (Lipinski definition) is 4. The maximum Gasteiger partial charge on any atom is 0.263 e. The van der Waals surface area contributed by atoms with Gasteiger partial charge in [0.05, 0.1) is 11.5 Å². The van der Waals surface area contributed by atoms with Crippen molar-refractivity contribution < 1.29 is 9.53 Å². The average molecular weight is 302 g/mol. The molecule has 0 unspecified atom stereocenters. The third-order valence-corrected chi connectivity index (χ3v) is 4.77. The van der Waals surface area contributed by atoms with Crippen molar-refractivity contribution in [1.82, 2.24) is 9.88 Å². The van der Waals surface area contributed by atoms with Gasteiger partial charge in [-0.1, -0.05) is 12.1 Å². The summed E-state index contributed by atoms with van der Waals surface area (Å²) in [5, 5.41) is 1.94. The van der Waals surface area contributed by atoms with E-state index >= 15 is 0 Å². The van der Waals surface area contributed by atoms with E-state index in [2.05, 4.69) is 4.98 Å². The number of rotatable bonds is 4. The van der Waals surface area contributed by atoms with E-state index in [-0.39, 0.29) is 11.8 Å². The van der Waals surface area contributed by atoms with Crippen LogP contribution in [0.2, 0.25) is 0 Å². The third kappa shape index (κ3) is 2.99. The highest BCUT2D eigenvalue weighted by Crippen LogP contribution is 2.32.